The predicted octanol–water partition coefficient (Wildman–Crippen LogP) is 6.30. The second-order valence-corrected chi connectivity index (χ2v) is 12.2. The molecule has 0 fully saturated rings. The summed E-state index contributed by atoms with van der Waals surface area (Å²) in [4.78, 5) is 42.6. The van der Waals surface area contributed by atoms with Crippen molar-refractivity contribution >= 4 is 17.9 Å². The van der Waals surface area contributed by atoms with Crippen molar-refractivity contribution in [3.05, 3.63) is 35.4 Å². The monoisotopic (exact) mass is 517 g/mol. The van der Waals surface area contributed by atoms with E-state index < -0.39 is 29.3 Å². The summed E-state index contributed by atoms with van der Waals surface area (Å²) in [6.45, 7) is 21.4. The molecular weight excluding hydrogens is 466 g/mol. The highest BCUT2D eigenvalue weighted by molar-refractivity contribution is 5.92. The number of amides is 3. The number of nitrogens with zero attached hydrogens (tertiary/aromatic N) is 1. The van der Waals surface area contributed by atoms with E-state index in [0.717, 1.165) is 24.0 Å². The zero-order chi connectivity index (χ0) is 28.6. The van der Waals surface area contributed by atoms with Gasteiger partial charge in [0.05, 0.1) is 0 Å². The van der Waals surface area contributed by atoms with Crippen LogP contribution in [0.2, 0.25) is 0 Å². The van der Waals surface area contributed by atoms with Gasteiger partial charge in [0.25, 0.3) is 0 Å². The Morgan fingerprint density at radius 2 is 1.51 bits per heavy atom. The fourth-order valence-corrected chi connectivity index (χ4v) is 4.25. The maximum absolute atomic E-state index is 14.4. The van der Waals surface area contributed by atoms with Crippen LogP contribution in [-0.4, -0.2) is 46.0 Å². The zero-order valence-corrected chi connectivity index (χ0v) is 25.0. The molecule has 2 N–H and O–H groups in total. The molecule has 7 nitrogen and oxygen atoms in total. The van der Waals surface area contributed by atoms with E-state index in [2.05, 4.69) is 17.6 Å². The van der Waals surface area contributed by atoms with E-state index >= 15 is 0 Å². The quantitative estimate of drug-likeness (QED) is 0.341. The molecule has 0 aliphatic rings. The van der Waals surface area contributed by atoms with Gasteiger partial charge in [0, 0.05) is 11.6 Å². The fourth-order valence-electron chi connectivity index (χ4n) is 4.25. The molecule has 0 aliphatic carbocycles. The minimum absolute atomic E-state index is 0.0292. The van der Waals surface area contributed by atoms with E-state index in [-0.39, 0.29) is 23.8 Å². The molecule has 3 atom stereocenters. The van der Waals surface area contributed by atoms with E-state index in [4.69, 9.17) is 4.74 Å². The van der Waals surface area contributed by atoms with Crippen molar-refractivity contribution < 1.29 is 19.1 Å². The third kappa shape index (κ3) is 10.4. The Bertz CT molecular complexity index is 887. The average Bonchev–Trinajstić information content (AvgIpc) is 2.75. The van der Waals surface area contributed by atoms with Crippen LogP contribution < -0.4 is 10.6 Å². The number of ether oxygens (including phenoxy) is 1. The Hall–Kier alpha value is -2.57. The second-order valence-electron chi connectivity index (χ2n) is 12.2. The van der Waals surface area contributed by atoms with Crippen LogP contribution in [0.3, 0.4) is 0 Å². The number of hydrogen-bond donors (Lipinski definition) is 2. The molecule has 0 aliphatic heterocycles. The topological polar surface area (TPSA) is 87.7 Å². The van der Waals surface area contributed by atoms with Crippen molar-refractivity contribution in [1.82, 2.24) is 15.5 Å². The van der Waals surface area contributed by atoms with Gasteiger partial charge in [-0.25, -0.2) is 4.79 Å². The Kier molecular flexibility index (Phi) is 12.1. The number of aryl methyl sites for hydroxylation is 1. The van der Waals surface area contributed by atoms with Crippen LogP contribution in [0.5, 0.6) is 0 Å². The number of alkyl carbamates (subject to hydrolysis) is 1. The Balaban J connectivity index is 3.62. The van der Waals surface area contributed by atoms with Crippen molar-refractivity contribution in [2.75, 3.05) is 0 Å². The third-order valence-electron chi connectivity index (χ3n) is 6.46. The Labute approximate surface area is 225 Å². The number of carbonyl (C=O) groups is 3. The van der Waals surface area contributed by atoms with Gasteiger partial charge in [-0.1, -0.05) is 63.9 Å². The summed E-state index contributed by atoms with van der Waals surface area (Å²) in [5.41, 5.74) is 0.446. The van der Waals surface area contributed by atoms with Gasteiger partial charge in [-0.3, -0.25) is 9.59 Å². The lowest BCUT2D eigenvalue weighted by atomic mass is 9.90. The van der Waals surface area contributed by atoms with Gasteiger partial charge in [-0.15, -0.1) is 0 Å². The first-order chi connectivity index (χ1) is 17.0. The molecule has 3 unspecified atom stereocenters. The van der Waals surface area contributed by atoms with Crippen LogP contribution in [0.4, 0.5) is 4.79 Å². The zero-order valence-electron chi connectivity index (χ0n) is 25.0. The fraction of sp³-hybridized carbons (Fsp3) is 0.700. The summed E-state index contributed by atoms with van der Waals surface area (Å²) in [6, 6.07) is 6.02. The summed E-state index contributed by atoms with van der Waals surface area (Å²) in [7, 11) is 0. The Morgan fingerprint density at radius 1 is 0.946 bits per heavy atom. The van der Waals surface area contributed by atoms with Gasteiger partial charge in [0.15, 0.2) is 0 Å². The molecule has 0 bridgehead atoms. The minimum Gasteiger partial charge on any atom is -0.444 e. The molecule has 0 spiro atoms. The van der Waals surface area contributed by atoms with E-state index in [9.17, 15) is 14.4 Å². The summed E-state index contributed by atoms with van der Waals surface area (Å²) < 4.78 is 5.48. The molecule has 0 saturated carbocycles. The highest BCUT2D eigenvalue weighted by Gasteiger charge is 2.43. The Morgan fingerprint density at radius 3 is 1.97 bits per heavy atom. The maximum atomic E-state index is 14.4. The molecule has 210 valence electrons. The van der Waals surface area contributed by atoms with Crippen LogP contribution in [0, 0.1) is 12.8 Å². The van der Waals surface area contributed by atoms with E-state index in [1.54, 1.807) is 25.7 Å². The molecule has 0 aromatic heterocycles. The summed E-state index contributed by atoms with van der Waals surface area (Å²) in [5, 5.41) is 5.94. The first-order valence-corrected chi connectivity index (χ1v) is 13.7. The molecule has 0 saturated heterocycles. The van der Waals surface area contributed by atoms with Crippen molar-refractivity contribution in [1.29, 1.82) is 0 Å². The van der Waals surface area contributed by atoms with E-state index in [0.29, 0.717) is 12.8 Å². The normalized spacial score (nSPS) is 14.5. The smallest absolute Gasteiger partial charge is 0.408 e. The number of benzene rings is 1. The van der Waals surface area contributed by atoms with Gasteiger partial charge >= 0.3 is 6.09 Å². The van der Waals surface area contributed by atoms with Crippen LogP contribution in [0.1, 0.15) is 112 Å². The highest BCUT2D eigenvalue weighted by Crippen LogP contribution is 2.33. The van der Waals surface area contributed by atoms with Crippen LogP contribution >= 0.6 is 0 Å². The standard InChI is InChI=1S/C30H51N3O4/c1-12-14-22(6)31-26(34)25(23-17-15-21(5)16-18-23)33(30(10,11)13-2)27(35)24(19-20(3)4)32-28(36)37-29(7,8)9/h15-18,20,22,24-25H,12-14,19H2,1-11H3,(H,31,34)(H,32,36). The average molecular weight is 518 g/mol. The summed E-state index contributed by atoms with van der Waals surface area (Å²) in [5.74, 6) is -0.387. The van der Waals surface area contributed by atoms with E-state index in [1.165, 1.54) is 0 Å². The van der Waals surface area contributed by atoms with E-state index in [1.807, 2.05) is 72.7 Å². The van der Waals surface area contributed by atoms with Crippen molar-refractivity contribution in [3.63, 3.8) is 0 Å². The molecule has 1 aromatic rings. The lowest BCUT2D eigenvalue weighted by Gasteiger charge is -2.45. The van der Waals surface area contributed by atoms with Crippen LogP contribution in [0.15, 0.2) is 24.3 Å². The van der Waals surface area contributed by atoms with Gasteiger partial charge in [0.2, 0.25) is 11.8 Å². The molecular formula is C30H51N3O4. The summed E-state index contributed by atoms with van der Waals surface area (Å²) in [6.07, 6.45) is 2.18. The van der Waals surface area contributed by atoms with Crippen molar-refractivity contribution in [3.8, 4) is 0 Å². The minimum atomic E-state index is -0.850. The summed E-state index contributed by atoms with van der Waals surface area (Å²) >= 11 is 0. The molecule has 37 heavy (non-hydrogen) atoms. The highest BCUT2D eigenvalue weighted by atomic mass is 16.6. The molecule has 0 radical (unpaired) electrons. The van der Waals surface area contributed by atoms with Gasteiger partial charge in [0.1, 0.15) is 17.7 Å². The third-order valence-corrected chi connectivity index (χ3v) is 6.46. The van der Waals surface area contributed by atoms with Gasteiger partial charge in [-0.05, 0) is 79.2 Å². The molecule has 3 amide bonds. The second kappa shape index (κ2) is 13.8. The predicted molar refractivity (Wildman–Crippen MR) is 150 cm³/mol. The molecule has 7 heteroatoms. The van der Waals surface area contributed by atoms with Gasteiger partial charge in [-0.2, -0.15) is 0 Å². The number of nitrogens with one attached hydrogen (secondary N) is 2. The molecule has 0 heterocycles. The van der Waals surface area contributed by atoms with Gasteiger partial charge < -0.3 is 20.3 Å². The van der Waals surface area contributed by atoms with Crippen LogP contribution in [0.25, 0.3) is 0 Å². The first-order valence-electron chi connectivity index (χ1n) is 13.7. The largest absolute Gasteiger partial charge is 0.444 e. The number of hydrogen-bond acceptors (Lipinski definition) is 4. The lowest BCUT2D eigenvalue weighted by molar-refractivity contribution is -0.150. The lowest BCUT2D eigenvalue weighted by Crippen LogP contribution is -2.60. The SMILES string of the molecule is CCCC(C)NC(=O)C(c1ccc(C)cc1)N(C(=O)C(CC(C)C)NC(=O)OC(C)(C)C)C(C)(C)CC. The number of rotatable bonds is 12. The van der Waals surface area contributed by atoms with Crippen molar-refractivity contribution in [2.45, 2.75) is 131 Å². The van der Waals surface area contributed by atoms with Crippen molar-refractivity contribution in [2.24, 2.45) is 5.92 Å². The molecule has 1 rings (SSSR count). The number of carbonyl (C=O) groups excluding carboxylic acids is 3. The first kappa shape index (κ1) is 32.5. The van der Waals surface area contributed by atoms with Crippen LogP contribution in [-0.2, 0) is 14.3 Å². The maximum Gasteiger partial charge on any atom is 0.408 e. The molecule has 1 aromatic carbocycles.